The number of nitrogens with two attached hydrogens (primary N) is 1. The summed E-state index contributed by atoms with van der Waals surface area (Å²) in [4.78, 5) is 57.7. The average molecular weight is 831 g/mol. The number of rotatable bonds is 6. The van der Waals surface area contributed by atoms with Gasteiger partial charge in [0.25, 0.3) is 29.4 Å². The van der Waals surface area contributed by atoms with E-state index in [0.29, 0.717) is 47.0 Å². The van der Waals surface area contributed by atoms with Crippen LogP contribution >= 0.6 is 12.2 Å². The summed E-state index contributed by atoms with van der Waals surface area (Å²) in [7, 11) is 2.89. The Kier molecular flexibility index (Phi) is 15.5. The number of thiocarbonyl (C=S) groups is 1. The fraction of sp³-hybridized carbons (Fsp3) is 0.310. The lowest BCUT2D eigenvalue weighted by atomic mass is 9.75. The molecule has 3 heterocycles. The molecule has 0 bridgehead atoms. The zero-order chi connectivity index (χ0) is 42.4. The Morgan fingerprint density at radius 1 is 0.817 bits per heavy atom. The second kappa shape index (κ2) is 19.7. The third kappa shape index (κ3) is 9.33. The molecule has 3 fully saturated rings. The summed E-state index contributed by atoms with van der Waals surface area (Å²) < 4.78 is 28.3. The van der Waals surface area contributed by atoms with Gasteiger partial charge in [0.15, 0.2) is 5.11 Å². The average Bonchev–Trinajstić information content (AvgIpc) is 3.42. The van der Waals surface area contributed by atoms with E-state index in [9.17, 15) is 23.2 Å². The number of carbonyl (C=O) groups is 3. The summed E-state index contributed by atoms with van der Waals surface area (Å²) in [6, 6.07) is 12.0. The van der Waals surface area contributed by atoms with E-state index in [1.165, 1.54) is 55.7 Å². The van der Waals surface area contributed by atoms with E-state index in [1.54, 1.807) is 36.1 Å². The molecule has 3 amide bonds. The minimum atomic E-state index is -0.871. The largest absolute Gasteiger partial charge is 0.396 e. The second-order valence-electron chi connectivity index (χ2n) is 13.7. The predicted molar refractivity (Wildman–Crippen MR) is 233 cm³/mol. The normalized spacial score (nSPS) is 14.9. The molecule has 18 heteroatoms. The number of benzene rings is 2. The van der Waals surface area contributed by atoms with Gasteiger partial charge >= 0.3 is 5.66 Å². The molecule has 0 atom stereocenters. The van der Waals surface area contributed by atoms with Crippen LogP contribution in [0.4, 0.5) is 43.2 Å². The SMILES string of the molecule is C.[B].[C-]#[N+]C1(Nc2ccc(C(=O)NC)c(F)c2)CCC1.[C-]#[N+]c1ncc(N)cc1C.[C-]#[N+]c1ncc(N2C(=O)C3(CCC3)N(c3ccc(C(=O)NC)c(F)c3)C2=S)cc1C. The van der Waals surface area contributed by atoms with Gasteiger partial charge < -0.3 is 36.3 Å². The standard InChI is InChI=1S/C21H18FN5O2S.C13H14FN3O.C7H7N3.CH4.B/c1-12-9-14(11-25-17(12)23-2)26-19(29)21(7-4-8-21)27(20(26)30)13-5-6-15(16(22)10-13)18(28)24-3;1-15-12(18)10-5-4-9(8-11(10)14)17-13(16-2)6-3-7-13;1-5-3-6(8)4-10-7(5)9-2;;/h5-6,9-11H,4,7-8H2,1,3H3,(H,24,28);4-5,8,17H,3,6-7H2,1H3,(H,15,18);3-4H,8H2,1H3;1H4;. The number of aromatic nitrogens is 2. The Bertz CT molecular complexity index is 2440. The number of hydrogen-bond acceptors (Lipinski definition) is 8. The summed E-state index contributed by atoms with van der Waals surface area (Å²) in [6.07, 6.45) is 7.53. The number of nitrogens with one attached hydrogen (secondary N) is 3. The number of halogens is 2. The minimum absolute atomic E-state index is 0. The van der Waals surface area contributed by atoms with Crippen molar-refractivity contribution in [1.82, 2.24) is 20.6 Å². The number of hydrogen-bond donors (Lipinski definition) is 4. The van der Waals surface area contributed by atoms with Crippen molar-refractivity contribution in [1.29, 1.82) is 0 Å². The number of nitrogens with zero attached hydrogens (tertiary/aromatic N) is 7. The first-order valence-corrected chi connectivity index (χ1v) is 18.4. The number of nitrogen functional groups attached to an aromatic ring is 1. The van der Waals surface area contributed by atoms with Crippen molar-refractivity contribution < 1.29 is 23.2 Å². The first-order valence-electron chi connectivity index (χ1n) is 18.0. The summed E-state index contributed by atoms with van der Waals surface area (Å²) in [6.45, 7) is 24.6. The highest BCUT2D eigenvalue weighted by Gasteiger charge is 2.59. The first-order chi connectivity index (χ1) is 27.7. The highest BCUT2D eigenvalue weighted by molar-refractivity contribution is 7.81. The smallest absolute Gasteiger partial charge is 0.305 e. The van der Waals surface area contributed by atoms with E-state index in [4.69, 9.17) is 37.7 Å². The minimum Gasteiger partial charge on any atom is -0.396 e. The number of anilines is 4. The Morgan fingerprint density at radius 3 is 1.78 bits per heavy atom. The predicted octanol–water partition coefficient (Wildman–Crippen LogP) is 7.68. The van der Waals surface area contributed by atoms with Crippen LogP contribution in [-0.2, 0) is 4.79 Å². The molecule has 1 saturated heterocycles. The Hall–Kier alpha value is -6.97. The second-order valence-corrected chi connectivity index (χ2v) is 14.1. The number of pyridine rings is 2. The maximum atomic E-state index is 14.6. The van der Waals surface area contributed by atoms with Crippen molar-refractivity contribution >= 4 is 77.9 Å². The quantitative estimate of drug-likeness (QED) is 0.0870. The van der Waals surface area contributed by atoms with Crippen LogP contribution in [-0.4, -0.2) is 66.5 Å². The summed E-state index contributed by atoms with van der Waals surface area (Å²) in [5, 5.41) is 8.04. The van der Waals surface area contributed by atoms with E-state index in [-0.39, 0.29) is 43.8 Å². The van der Waals surface area contributed by atoms with Gasteiger partial charge in [0.1, 0.15) is 29.6 Å². The monoisotopic (exact) mass is 830 g/mol. The van der Waals surface area contributed by atoms with Crippen molar-refractivity contribution in [2.24, 2.45) is 0 Å². The van der Waals surface area contributed by atoms with Crippen LogP contribution in [0, 0.1) is 45.2 Å². The molecule has 2 aliphatic carbocycles. The first kappa shape index (κ1) is 47.4. The molecule has 7 rings (SSSR count). The van der Waals surface area contributed by atoms with Crippen LogP contribution in [0.5, 0.6) is 0 Å². The van der Waals surface area contributed by atoms with Gasteiger partial charge in [0.2, 0.25) is 0 Å². The van der Waals surface area contributed by atoms with E-state index in [2.05, 4.69) is 40.5 Å². The molecule has 14 nitrogen and oxygen atoms in total. The fourth-order valence-electron chi connectivity index (χ4n) is 6.63. The van der Waals surface area contributed by atoms with Gasteiger partial charge in [-0.05, 0) is 111 Å². The zero-order valence-electron chi connectivity index (χ0n) is 32.7. The van der Waals surface area contributed by atoms with Gasteiger partial charge in [-0.2, -0.15) is 0 Å². The van der Waals surface area contributed by atoms with Crippen LogP contribution in [0.2, 0.25) is 0 Å². The topological polar surface area (TPSA) is 159 Å². The third-order valence-corrected chi connectivity index (χ3v) is 10.4. The van der Waals surface area contributed by atoms with E-state index >= 15 is 0 Å². The maximum Gasteiger partial charge on any atom is 0.305 e. The van der Waals surface area contributed by atoms with Gasteiger partial charge in [-0.3, -0.25) is 24.1 Å². The van der Waals surface area contributed by atoms with E-state index in [1.807, 2.05) is 6.92 Å². The molecule has 2 aromatic heterocycles. The van der Waals surface area contributed by atoms with Crippen LogP contribution in [0.1, 0.15) is 77.8 Å². The molecule has 3 aliphatic rings. The third-order valence-electron chi connectivity index (χ3n) is 10.1. The molecule has 1 aliphatic heterocycles. The lowest BCUT2D eigenvalue weighted by molar-refractivity contribution is -0.123. The fourth-order valence-corrected chi connectivity index (χ4v) is 7.09. The number of carbonyl (C=O) groups excluding carboxylic acids is 3. The van der Waals surface area contributed by atoms with Crippen LogP contribution < -0.4 is 31.5 Å². The summed E-state index contributed by atoms with van der Waals surface area (Å²) in [5.74, 6) is -1.75. The number of aryl methyl sites for hydroxylation is 2. The summed E-state index contributed by atoms with van der Waals surface area (Å²) in [5.41, 5.74) is 7.40. The van der Waals surface area contributed by atoms with Crippen LogP contribution in [0.3, 0.4) is 0 Å². The lowest BCUT2D eigenvalue weighted by Gasteiger charge is -2.43. The highest BCUT2D eigenvalue weighted by Crippen LogP contribution is 2.48. The van der Waals surface area contributed by atoms with Crippen molar-refractivity contribution in [3.8, 4) is 0 Å². The van der Waals surface area contributed by atoms with Gasteiger partial charge in [-0.1, -0.05) is 20.6 Å². The number of amides is 3. The molecule has 1 spiro atoms. The van der Waals surface area contributed by atoms with Gasteiger partial charge in [0.05, 0.1) is 22.5 Å². The molecule has 4 aromatic rings. The Morgan fingerprint density at radius 2 is 1.35 bits per heavy atom. The molecule has 60 heavy (non-hydrogen) atoms. The molecule has 3 radical (unpaired) electrons. The van der Waals surface area contributed by atoms with Gasteiger partial charge in [-0.15, -0.1) is 9.97 Å². The van der Waals surface area contributed by atoms with Crippen molar-refractivity contribution in [3.63, 3.8) is 0 Å². The van der Waals surface area contributed by atoms with Gasteiger partial charge in [-0.25, -0.2) is 15.4 Å². The molecular weight excluding hydrogens is 787 g/mol. The zero-order valence-corrected chi connectivity index (χ0v) is 33.5. The molecule has 5 N–H and O–H groups in total. The molecule has 2 aromatic carbocycles. The van der Waals surface area contributed by atoms with Crippen LogP contribution in [0.15, 0.2) is 60.9 Å². The maximum absolute atomic E-state index is 14.6. The molecule has 0 unspecified atom stereocenters. The summed E-state index contributed by atoms with van der Waals surface area (Å²) >= 11 is 5.65. The molecule has 307 valence electrons. The van der Waals surface area contributed by atoms with E-state index < -0.39 is 34.7 Å². The molecule has 2 saturated carbocycles. The molecular formula is C42H43BF2N11O3S. The Labute approximate surface area is 355 Å². The van der Waals surface area contributed by atoms with Gasteiger partial charge in [0, 0.05) is 46.7 Å². The Balaban J connectivity index is 0.000000272. The van der Waals surface area contributed by atoms with Crippen LogP contribution in [0.25, 0.3) is 14.5 Å². The van der Waals surface area contributed by atoms with Crippen molar-refractivity contribution in [3.05, 3.63) is 129 Å². The highest BCUT2D eigenvalue weighted by atomic mass is 32.1. The van der Waals surface area contributed by atoms with Crippen molar-refractivity contribution in [2.45, 2.75) is 71.0 Å². The van der Waals surface area contributed by atoms with E-state index in [0.717, 1.165) is 31.2 Å². The lowest BCUT2D eigenvalue weighted by Crippen LogP contribution is -2.55. The van der Waals surface area contributed by atoms with Crippen molar-refractivity contribution in [2.75, 3.05) is 34.9 Å².